The molecule has 0 aromatic heterocycles. The van der Waals surface area contributed by atoms with E-state index in [0.717, 1.165) is 30.0 Å². The maximum absolute atomic E-state index is 12.9. The van der Waals surface area contributed by atoms with Crippen LogP contribution in [0.1, 0.15) is 12.0 Å². The number of hydrogen-bond acceptors (Lipinski definition) is 5. The summed E-state index contributed by atoms with van der Waals surface area (Å²) >= 11 is 7.01. The topological polar surface area (TPSA) is 71.0 Å². The van der Waals surface area contributed by atoms with Gasteiger partial charge >= 0.3 is 6.18 Å². The van der Waals surface area contributed by atoms with E-state index in [9.17, 15) is 22.8 Å². The summed E-state index contributed by atoms with van der Waals surface area (Å²) in [5.74, 6) is -0.302. The first-order chi connectivity index (χ1) is 14.6. The monoisotopic (exact) mass is 471 g/mol. The first kappa shape index (κ1) is 23.0. The largest absolute Gasteiger partial charge is 0.497 e. The van der Waals surface area contributed by atoms with E-state index in [-0.39, 0.29) is 23.0 Å². The van der Waals surface area contributed by atoms with Crippen molar-refractivity contribution in [2.45, 2.75) is 17.8 Å². The zero-order chi connectivity index (χ0) is 22.8. The third-order valence-electron chi connectivity index (χ3n) is 4.38. The number of benzene rings is 2. The number of anilines is 1. The lowest BCUT2D eigenvalue weighted by molar-refractivity contribution is -0.137. The fraction of sp³-hybridized carbons (Fsp3) is 0.250. The van der Waals surface area contributed by atoms with Crippen molar-refractivity contribution < 1.29 is 27.5 Å². The van der Waals surface area contributed by atoms with Crippen molar-refractivity contribution in [3.8, 4) is 5.75 Å². The average Bonchev–Trinajstić information content (AvgIpc) is 2.97. The van der Waals surface area contributed by atoms with E-state index in [0.29, 0.717) is 16.6 Å². The normalized spacial score (nSPS) is 17.9. The van der Waals surface area contributed by atoms with Crippen LogP contribution in [0.15, 0.2) is 47.5 Å². The minimum atomic E-state index is -4.57. The van der Waals surface area contributed by atoms with Crippen LogP contribution in [0.25, 0.3) is 0 Å². The Morgan fingerprint density at radius 3 is 2.55 bits per heavy atom. The number of nitrogens with zero attached hydrogens (tertiary/aromatic N) is 2. The van der Waals surface area contributed by atoms with E-state index < -0.39 is 22.9 Å². The first-order valence-electron chi connectivity index (χ1n) is 8.92. The lowest BCUT2D eigenvalue weighted by atomic mass is 10.2. The van der Waals surface area contributed by atoms with Crippen molar-refractivity contribution in [1.29, 1.82) is 0 Å². The van der Waals surface area contributed by atoms with Gasteiger partial charge in [-0.05, 0) is 42.5 Å². The van der Waals surface area contributed by atoms with Crippen LogP contribution in [0.3, 0.4) is 0 Å². The molecule has 2 aromatic carbocycles. The van der Waals surface area contributed by atoms with Gasteiger partial charge in [-0.1, -0.05) is 23.4 Å². The maximum Gasteiger partial charge on any atom is 0.416 e. The number of carbonyl (C=O) groups is 2. The molecule has 1 saturated heterocycles. The smallest absolute Gasteiger partial charge is 0.416 e. The van der Waals surface area contributed by atoms with Crippen LogP contribution in [-0.2, 0) is 15.8 Å². The van der Waals surface area contributed by atoms with Gasteiger partial charge < -0.3 is 10.1 Å². The Morgan fingerprint density at radius 2 is 1.94 bits per heavy atom. The summed E-state index contributed by atoms with van der Waals surface area (Å²) in [5.41, 5.74) is -0.506. The van der Waals surface area contributed by atoms with E-state index in [1.807, 2.05) is 0 Å². The highest BCUT2D eigenvalue weighted by Gasteiger charge is 2.37. The number of alkyl halides is 3. The molecule has 0 radical (unpaired) electrons. The highest BCUT2D eigenvalue weighted by Crippen LogP contribution is 2.35. The summed E-state index contributed by atoms with van der Waals surface area (Å²) in [5, 5.41) is 1.97. The lowest BCUT2D eigenvalue weighted by Gasteiger charge is -2.12. The molecule has 0 aliphatic carbocycles. The molecule has 6 nitrogen and oxygen atoms in total. The number of aliphatic imine (C=N–C) groups is 1. The van der Waals surface area contributed by atoms with Gasteiger partial charge in [0.2, 0.25) is 11.8 Å². The lowest BCUT2D eigenvalue weighted by Crippen LogP contribution is -2.30. The van der Waals surface area contributed by atoms with Gasteiger partial charge in [-0.15, -0.1) is 0 Å². The third kappa shape index (κ3) is 5.50. The van der Waals surface area contributed by atoms with E-state index in [2.05, 4.69) is 10.3 Å². The van der Waals surface area contributed by atoms with Crippen molar-refractivity contribution in [3.63, 3.8) is 0 Å². The summed E-state index contributed by atoms with van der Waals surface area (Å²) in [7, 11) is 3.08. The number of nitrogens with one attached hydrogen (secondary N) is 1. The number of thioether (sulfide) groups is 1. The summed E-state index contributed by atoms with van der Waals surface area (Å²) in [6.07, 6.45) is -4.82. The molecule has 0 unspecified atom stereocenters. The molecule has 1 aliphatic heterocycles. The summed E-state index contributed by atoms with van der Waals surface area (Å²) < 4.78 is 43.8. The average molecular weight is 472 g/mol. The predicted molar refractivity (Wildman–Crippen MR) is 114 cm³/mol. The molecule has 0 saturated carbocycles. The van der Waals surface area contributed by atoms with Gasteiger partial charge in [0.25, 0.3) is 0 Å². The maximum atomic E-state index is 12.9. The quantitative estimate of drug-likeness (QED) is 0.669. The van der Waals surface area contributed by atoms with E-state index in [4.69, 9.17) is 16.3 Å². The fourth-order valence-electron chi connectivity index (χ4n) is 2.73. The van der Waals surface area contributed by atoms with E-state index >= 15 is 0 Å². The molecule has 2 amide bonds. The highest BCUT2D eigenvalue weighted by molar-refractivity contribution is 8.15. The fourth-order valence-corrected chi connectivity index (χ4v) is 4.05. The molecule has 1 aliphatic rings. The molecule has 2 aromatic rings. The minimum absolute atomic E-state index is 0.0365. The van der Waals surface area contributed by atoms with Crippen molar-refractivity contribution in [3.05, 3.63) is 53.1 Å². The first-order valence-corrected chi connectivity index (χ1v) is 10.2. The van der Waals surface area contributed by atoms with E-state index in [1.165, 1.54) is 4.90 Å². The van der Waals surface area contributed by atoms with Crippen LogP contribution in [0.2, 0.25) is 5.02 Å². The summed E-state index contributed by atoms with van der Waals surface area (Å²) in [6.45, 7) is 0. The van der Waals surface area contributed by atoms with Crippen molar-refractivity contribution in [2.75, 3.05) is 19.5 Å². The minimum Gasteiger partial charge on any atom is -0.497 e. The second-order valence-electron chi connectivity index (χ2n) is 6.54. The summed E-state index contributed by atoms with van der Waals surface area (Å²) in [4.78, 5) is 30.6. The zero-order valence-corrected chi connectivity index (χ0v) is 17.9. The van der Waals surface area contributed by atoms with Gasteiger partial charge in [0.15, 0.2) is 5.17 Å². The highest BCUT2D eigenvalue weighted by atomic mass is 35.5. The number of carbonyl (C=O) groups excluding carboxylic acids is 2. The molecule has 3 rings (SSSR count). The van der Waals surface area contributed by atoms with Gasteiger partial charge in [0.05, 0.1) is 29.1 Å². The zero-order valence-electron chi connectivity index (χ0n) is 16.4. The van der Waals surface area contributed by atoms with Gasteiger partial charge in [0, 0.05) is 13.5 Å². The molecule has 0 bridgehead atoms. The second-order valence-corrected chi connectivity index (χ2v) is 8.12. The Bertz CT molecular complexity index is 1030. The van der Waals surface area contributed by atoms with Crippen molar-refractivity contribution >= 4 is 51.7 Å². The molecule has 0 spiro atoms. The third-order valence-corrected chi connectivity index (χ3v) is 5.93. The number of methoxy groups -OCH3 is 1. The Hall–Kier alpha value is -2.72. The number of amidine groups is 1. The Kier molecular flexibility index (Phi) is 6.80. The Labute approximate surface area is 185 Å². The van der Waals surface area contributed by atoms with Gasteiger partial charge in [-0.25, -0.2) is 4.99 Å². The van der Waals surface area contributed by atoms with Crippen LogP contribution in [0, 0.1) is 0 Å². The van der Waals surface area contributed by atoms with Crippen LogP contribution in [0.5, 0.6) is 5.75 Å². The Morgan fingerprint density at radius 1 is 1.26 bits per heavy atom. The van der Waals surface area contributed by atoms with Crippen molar-refractivity contribution in [1.82, 2.24) is 4.90 Å². The molecule has 1 fully saturated rings. The van der Waals surface area contributed by atoms with Gasteiger partial charge in [-0.2, -0.15) is 13.2 Å². The number of halogens is 4. The van der Waals surface area contributed by atoms with Gasteiger partial charge in [-0.3, -0.25) is 14.5 Å². The molecule has 31 heavy (non-hydrogen) atoms. The molecule has 1 heterocycles. The standard InChI is InChI=1S/C20H17ClF3N3O3S/c1-27-18(29)16(31-19(27)25-12-4-6-13(30-2)7-5-12)10-17(28)26-15-9-11(20(22,23)24)3-8-14(15)21/h3-9,16H,10H2,1-2H3,(H,26,28)/t16-/m0/s1. The molecule has 1 N–H and O–H groups in total. The molecular weight excluding hydrogens is 455 g/mol. The van der Waals surface area contributed by atoms with Crippen LogP contribution in [0.4, 0.5) is 24.5 Å². The molecule has 11 heteroatoms. The summed E-state index contributed by atoms with van der Waals surface area (Å²) in [6, 6.07) is 9.54. The predicted octanol–water partition coefficient (Wildman–Crippen LogP) is 4.96. The Balaban J connectivity index is 1.69. The van der Waals surface area contributed by atoms with E-state index in [1.54, 1.807) is 38.4 Å². The number of hydrogen-bond donors (Lipinski definition) is 1. The molecular formula is C20H17ClF3N3O3S. The van der Waals surface area contributed by atoms with Crippen LogP contribution >= 0.6 is 23.4 Å². The van der Waals surface area contributed by atoms with Crippen molar-refractivity contribution in [2.24, 2.45) is 4.99 Å². The molecule has 164 valence electrons. The number of ether oxygens (including phenoxy) is 1. The van der Waals surface area contributed by atoms with Crippen LogP contribution in [-0.4, -0.2) is 41.3 Å². The van der Waals surface area contributed by atoms with Gasteiger partial charge in [0.1, 0.15) is 11.0 Å². The van der Waals surface area contributed by atoms with Crippen LogP contribution < -0.4 is 10.1 Å². The molecule has 1 atom stereocenters. The number of amides is 2. The second kappa shape index (κ2) is 9.19. The number of rotatable bonds is 5. The SMILES string of the molecule is COc1ccc(N=C2S[C@@H](CC(=O)Nc3cc(C(F)(F)F)ccc3Cl)C(=O)N2C)cc1.